The molecule has 7 heteroatoms. The van der Waals surface area contributed by atoms with Gasteiger partial charge in [0.15, 0.2) is 11.5 Å². The molecule has 0 unspecified atom stereocenters. The van der Waals surface area contributed by atoms with Gasteiger partial charge in [-0.1, -0.05) is 42.0 Å². The molecule has 0 saturated heterocycles. The fourth-order valence-corrected chi connectivity index (χ4v) is 3.03. The first kappa shape index (κ1) is 20.2. The molecule has 0 aliphatic carbocycles. The van der Waals surface area contributed by atoms with Gasteiger partial charge in [-0.05, 0) is 52.7 Å². The predicted octanol–water partition coefficient (Wildman–Crippen LogP) is 5.27. The second-order valence-corrected chi connectivity index (χ2v) is 6.88. The Morgan fingerprint density at radius 3 is 2.69 bits per heavy atom. The van der Waals surface area contributed by atoms with E-state index in [1.807, 2.05) is 37.3 Å². The highest BCUT2D eigenvalue weighted by Crippen LogP contribution is 2.38. The van der Waals surface area contributed by atoms with E-state index in [0.717, 1.165) is 11.1 Å². The summed E-state index contributed by atoms with van der Waals surface area (Å²) in [6.45, 7) is 2.64. The Kier molecular flexibility index (Phi) is 7.46. The average Bonchev–Trinajstić information content (AvgIpc) is 2.60. The third-order valence-electron chi connectivity index (χ3n) is 3.36. The van der Waals surface area contributed by atoms with Gasteiger partial charge in [-0.3, -0.25) is 0 Å². The van der Waals surface area contributed by atoms with E-state index in [0.29, 0.717) is 34.2 Å². The second kappa shape index (κ2) is 9.58. The third-order valence-corrected chi connectivity index (χ3v) is 4.54. The van der Waals surface area contributed by atoms with Crippen LogP contribution in [0.3, 0.4) is 0 Å². The number of nitriles is 1. The van der Waals surface area contributed by atoms with Gasteiger partial charge >= 0.3 is 0 Å². The molecule has 0 radical (unpaired) electrons. The third kappa shape index (κ3) is 5.21. The first-order valence-electron chi connectivity index (χ1n) is 7.70. The van der Waals surface area contributed by atoms with Crippen molar-refractivity contribution in [1.82, 2.24) is 0 Å². The summed E-state index contributed by atoms with van der Waals surface area (Å²) >= 11 is 14.5. The Morgan fingerprint density at radius 2 is 2.08 bits per heavy atom. The highest BCUT2D eigenvalue weighted by Gasteiger charge is 2.13. The summed E-state index contributed by atoms with van der Waals surface area (Å²) in [4.78, 5) is 0.0422. The van der Waals surface area contributed by atoms with Crippen LogP contribution in [0.15, 0.2) is 46.4 Å². The lowest BCUT2D eigenvalue weighted by Gasteiger charge is -2.15. The van der Waals surface area contributed by atoms with Gasteiger partial charge in [-0.15, -0.1) is 0 Å². The van der Waals surface area contributed by atoms with Gasteiger partial charge in [0, 0.05) is 10.6 Å². The lowest BCUT2D eigenvalue weighted by molar-refractivity contribution is 0.267. The molecular formula is C19H16BrClN2O2S. The first-order chi connectivity index (χ1) is 12.5. The molecule has 2 aromatic rings. The Balaban J connectivity index is 2.36. The van der Waals surface area contributed by atoms with E-state index in [2.05, 4.69) is 15.9 Å². The molecule has 0 aliphatic rings. The Bertz CT molecular complexity index is 894. The largest absolute Gasteiger partial charge is 0.490 e. The molecule has 0 saturated carbocycles. The van der Waals surface area contributed by atoms with Crippen LogP contribution in [-0.4, -0.2) is 11.6 Å². The summed E-state index contributed by atoms with van der Waals surface area (Å²) in [6, 6.07) is 13.0. The van der Waals surface area contributed by atoms with E-state index in [-0.39, 0.29) is 10.6 Å². The van der Waals surface area contributed by atoms with Gasteiger partial charge in [0.1, 0.15) is 17.7 Å². The molecule has 4 nitrogen and oxygen atoms in total. The minimum Gasteiger partial charge on any atom is -0.490 e. The number of hydrogen-bond donors (Lipinski definition) is 1. The summed E-state index contributed by atoms with van der Waals surface area (Å²) in [5.41, 5.74) is 7.35. The molecule has 2 aromatic carbocycles. The molecule has 0 heterocycles. The molecular weight excluding hydrogens is 436 g/mol. The molecule has 0 aliphatic heterocycles. The maximum atomic E-state index is 9.12. The quantitative estimate of drug-likeness (QED) is 0.353. The predicted molar refractivity (Wildman–Crippen MR) is 111 cm³/mol. The van der Waals surface area contributed by atoms with Crippen molar-refractivity contribution >= 4 is 50.8 Å². The van der Waals surface area contributed by atoms with Gasteiger partial charge in [-0.25, -0.2) is 0 Å². The van der Waals surface area contributed by atoms with Crippen LogP contribution in [0, 0.1) is 11.3 Å². The molecule has 0 bridgehead atoms. The fraction of sp³-hybridized carbons (Fsp3) is 0.158. The van der Waals surface area contributed by atoms with Gasteiger partial charge in [-0.2, -0.15) is 5.26 Å². The summed E-state index contributed by atoms with van der Waals surface area (Å²) in [6.07, 6.45) is 1.60. The molecule has 2 N–H and O–H groups in total. The summed E-state index contributed by atoms with van der Waals surface area (Å²) in [5, 5.41) is 9.76. The van der Waals surface area contributed by atoms with Crippen LogP contribution in [0.2, 0.25) is 5.02 Å². The molecule has 0 spiro atoms. The van der Waals surface area contributed by atoms with Crippen molar-refractivity contribution in [3.8, 4) is 17.6 Å². The van der Waals surface area contributed by atoms with Gasteiger partial charge < -0.3 is 15.2 Å². The monoisotopic (exact) mass is 450 g/mol. The SMILES string of the molecule is CCOc1cc(/C=C(\C#N)C(N)=S)cc(Br)c1OCc1ccccc1Cl. The molecule has 26 heavy (non-hydrogen) atoms. The van der Waals surface area contributed by atoms with Crippen molar-refractivity contribution in [2.24, 2.45) is 5.73 Å². The normalized spacial score (nSPS) is 10.9. The average molecular weight is 452 g/mol. The van der Waals surface area contributed by atoms with Crippen LogP contribution in [0.25, 0.3) is 6.08 Å². The summed E-state index contributed by atoms with van der Waals surface area (Å²) < 4.78 is 12.3. The van der Waals surface area contributed by atoms with E-state index in [9.17, 15) is 0 Å². The molecule has 0 atom stereocenters. The first-order valence-corrected chi connectivity index (χ1v) is 9.28. The fourth-order valence-electron chi connectivity index (χ4n) is 2.16. The van der Waals surface area contributed by atoms with E-state index in [4.69, 9.17) is 44.3 Å². The van der Waals surface area contributed by atoms with Crippen LogP contribution in [0.1, 0.15) is 18.1 Å². The van der Waals surface area contributed by atoms with E-state index < -0.39 is 0 Å². The van der Waals surface area contributed by atoms with Crippen LogP contribution in [0.5, 0.6) is 11.5 Å². The lowest BCUT2D eigenvalue weighted by atomic mass is 10.1. The summed E-state index contributed by atoms with van der Waals surface area (Å²) in [5.74, 6) is 1.10. The van der Waals surface area contributed by atoms with Crippen molar-refractivity contribution in [3.63, 3.8) is 0 Å². The van der Waals surface area contributed by atoms with Crippen LogP contribution in [0.4, 0.5) is 0 Å². The topological polar surface area (TPSA) is 68.3 Å². The smallest absolute Gasteiger partial charge is 0.175 e. The second-order valence-electron chi connectivity index (χ2n) is 5.18. The number of benzene rings is 2. The molecule has 134 valence electrons. The van der Waals surface area contributed by atoms with Crippen molar-refractivity contribution in [3.05, 3.63) is 62.6 Å². The molecule has 2 rings (SSSR count). The van der Waals surface area contributed by atoms with Crippen molar-refractivity contribution in [2.75, 3.05) is 6.61 Å². The maximum absolute atomic E-state index is 9.12. The highest BCUT2D eigenvalue weighted by atomic mass is 79.9. The molecule has 0 fully saturated rings. The highest BCUT2D eigenvalue weighted by molar-refractivity contribution is 9.10. The minimum atomic E-state index is 0.0422. The molecule has 0 amide bonds. The molecule has 0 aromatic heterocycles. The number of halogens is 2. The van der Waals surface area contributed by atoms with Crippen molar-refractivity contribution < 1.29 is 9.47 Å². The van der Waals surface area contributed by atoms with Gasteiger partial charge in [0.25, 0.3) is 0 Å². The zero-order valence-corrected chi connectivity index (χ0v) is 17.1. The van der Waals surface area contributed by atoms with Crippen LogP contribution in [-0.2, 0) is 6.61 Å². The number of hydrogen-bond acceptors (Lipinski definition) is 4. The zero-order valence-electron chi connectivity index (χ0n) is 14.0. The van der Waals surface area contributed by atoms with Gasteiger partial charge in [0.2, 0.25) is 0 Å². The summed E-state index contributed by atoms with van der Waals surface area (Å²) in [7, 11) is 0. The minimum absolute atomic E-state index is 0.0422. The number of thiocarbonyl (C=S) groups is 1. The van der Waals surface area contributed by atoms with Crippen molar-refractivity contribution in [1.29, 1.82) is 5.26 Å². The number of nitrogens with zero attached hydrogens (tertiary/aromatic N) is 1. The Labute approximate surface area is 171 Å². The van der Waals surface area contributed by atoms with Crippen molar-refractivity contribution in [2.45, 2.75) is 13.5 Å². The number of rotatable bonds is 7. The van der Waals surface area contributed by atoms with Crippen LogP contribution >= 0.6 is 39.7 Å². The van der Waals surface area contributed by atoms with E-state index >= 15 is 0 Å². The maximum Gasteiger partial charge on any atom is 0.175 e. The number of nitrogens with two attached hydrogens (primary N) is 1. The zero-order chi connectivity index (χ0) is 19.1. The van der Waals surface area contributed by atoms with E-state index in [1.54, 1.807) is 18.2 Å². The number of ether oxygens (including phenoxy) is 2. The Morgan fingerprint density at radius 1 is 1.35 bits per heavy atom. The Hall–Kier alpha value is -2.07. The van der Waals surface area contributed by atoms with Gasteiger partial charge in [0.05, 0.1) is 16.7 Å². The van der Waals surface area contributed by atoms with E-state index in [1.165, 1.54) is 0 Å². The standard InChI is InChI=1S/C19H16BrClN2O2S/c1-2-24-17-9-12(7-14(10-22)19(23)26)8-15(20)18(17)25-11-13-5-3-4-6-16(13)21/h3-9H,2,11H2,1H3,(H2,23,26)/b14-7+. The lowest BCUT2D eigenvalue weighted by Crippen LogP contribution is -2.09. The van der Waals surface area contributed by atoms with Crippen LogP contribution < -0.4 is 15.2 Å².